The summed E-state index contributed by atoms with van der Waals surface area (Å²) in [5, 5.41) is 1.26. The van der Waals surface area contributed by atoms with Gasteiger partial charge in [0.05, 0.1) is 2.88 Å². The second-order valence-corrected chi connectivity index (χ2v) is 6.33. The first-order valence-corrected chi connectivity index (χ1v) is 6.11. The van der Waals surface area contributed by atoms with Crippen molar-refractivity contribution < 1.29 is 0 Å². The Balaban J connectivity index is 2.61. The van der Waals surface area contributed by atoms with Crippen LogP contribution in [0, 0.1) is 2.88 Å². The smallest absolute Gasteiger partial charge is 0.0666 e. The van der Waals surface area contributed by atoms with Gasteiger partial charge < -0.3 is 0 Å². The van der Waals surface area contributed by atoms with Crippen molar-refractivity contribution in [3.05, 3.63) is 26.9 Å². The van der Waals surface area contributed by atoms with E-state index in [0.29, 0.717) is 5.92 Å². The Morgan fingerprint density at radius 3 is 2.85 bits per heavy atom. The maximum atomic E-state index is 4.42. The molecule has 2 heterocycles. The number of hydrogen-bond donors (Lipinski definition) is 0. The maximum Gasteiger partial charge on any atom is 0.0666 e. The van der Waals surface area contributed by atoms with Gasteiger partial charge in [-0.05, 0) is 40.6 Å². The molecule has 0 saturated carbocycles. The van der Waals surface area contributed by atoms with Crippen LogP contribution < -0.4 is 0 Å². The number of thiophene rings is 1. The monoisotopic (exact) mass is 303 g/mol. The normalized spacial score (nSPS) is 11.4. The van der Waals surface area contributed by atoms with Gasteiger partial charge in [-0.3, -0.25) is 4.98 Å². The van der Waals surface area contributed by atoms with Crippen LogP contribution in [-0.2, 0) is 0 Å². The molecule has 13 heavy (non-hydrogen) atoms. The molecule has 0 atom stereocenters. The van der Waals surface area contributed by atoms with Gasteiger partial charge in [-0.25, -0.2) is 0 Å². The fourth-order valence-corrected chi connectivity index (χ4v) is 3.08. The molecule has 0 bridgehead atoms. The highest BCUT2D eigenvalue weighted by molar-refractivity contribution is 14.1. The molecule has 0 fully saturated rings. The Bertz CT molecular complexity index is 433. The fraction of sp³-hybridized carbons (Fsp3) is 0.300. The predicted molar refractivity (Wildman–Crippen MR) is 66.4 cm³/mol. The van der Waals surface area contributed by atoms with E-state index in [1.165, 1.54) is 18.7 Å². The maximum absolute atomic E-state index is 4.42. The van der Waals surface area contributed by atoms with Gasteiger partial charge in [0.25, 0.3) is 0 Å². The van der Waals surface area contributed by atoms with Gasteiger partial charge >= 0.3 is 0 Å². The molecule has 68 valence electrons. The standard InChI is InChI=1S/C10H10INS/c1-6(2)8-4-9-7(5-12-8)3-10(11)13-9/h3-6H,1-2H3. The molecule has 0 aliphatic rings. The van der Waals surface area contributed by atoms with E-state index < -0.39 is 0 Å². The summed E-state index contributed by atoms with van der Waals surface area (Å²) >= 11 is 4.18. The Morgan fingerprint density at radius 2 is 2.15 bits per heavy atom. The molecule has 2 aromatic rings. The average Bonchev–Trinajstić information content (AvgIpc) is 2.42. The van der Waals surface area contributed by atoms with E-state index in [-0.39, 0.29) is 0 Å². The number of halogens is 1. The summed E-state index contributed by atoms with van der Waals surface area (Å²) in [7, 11) is 0. The van der Waals surface area contributed by atoms with Gasteiger partial charge in [0.2, 0.25) is 0 Å². The first kappa shape index (κ1) is 9.40. The summed E-state index contributed by atoms with van der Waals surface area (Å²) in [6, 6.07) is 4.38. The summed E-state index contributed by atoms with van der Waals surface area (Å²) in [5.41, 5.74) is 1.19. The number of pyridine rings is 1. The van der Waals surface area contributed by atoms with Crippen molar-refractivity contribution in [2.24, 2.45) is 0 Å². The van der Waals surface area contributed by atoms with E-state index in [4.69, 9.17) is 0 Å². The summed E-state index contributed by atoms with van der Waals surface area (Å²) in [6.07, 6.45) is 1.98. The van der Waals surface area contributed by atoms with Crippen molar-refractivity contribution in [2.45, 2.75) is 19.8 Å². The van der Waals surface area contributed by atoms with Crippen molar-refractivity contribution in [3.8, 4) is 0 Å². The molecule has 0 aliphatic heterocycles. The second-order valence-electron chi connectivity index (χ2n) is 3.35. The number of aromatic nitrogens is 1. The van der Waals surface area contributed by atoms with Gasteiger partial charge in [0.15, 0.2) is 0 Å². The lowest BCUT2D eigenvalue weighted by molar-refractivity contribution is 0.827. The predicted octanol–water partition coefficient (Wildman–Crippen LogP) is 4.02. The molecule has 0 unspecified atom stereocenters. The van der Waals surface area contributed by atoms with Crippen LogP contribution in [0.1, 0.15) is 25.5 Å². The average molecular weight is 303 g/mol. The molecule has 0 aromatic carbocycles. The Labute approximate surface area is 95.3 Å². The lowest BCUT2D eigenvalue weighted by Gasteiger charge is -2.02. The molecule has 0 saturated heterocycles. The Hall–Kier alpha value is -0.160. The zero-order valence-corrected chi connectivity index (χ0v) is 10.5. The van der Waals surface area contributed by atoms with E-state index in [0.717, 1.165) is 0 Å². The summed E-state index contributed by atoms with van der Waals surface area (Å²) < 4.78 is 2.68. The first-order chi connectivity index (χ1) is 6.16. The van der Waals surface area contributed by atoms with Gasteiger partial charge in [-0.2, -0.15) is 0 Å². The number of hydrogen-bond acceptors (Lipinski definition) is 2. The summed E-state index contributed by atoms with van der Waals surface area (Å²) in [5.74, 6) is 0.518. The zero-order valence-electron chi connectivity index (χ0n) is 7.54. The molecule has 2 rings (SSSR count). The van der Waals surface area contributed by atoms with Crippen LogP contribution in [0.2, 0.25) is 0 Å². The third-order valence-corrected chi connectivity index (χ3v) is 3.84. The van der Waals surface area contributed by atoms with Gasteiger partial charge in [-0.15, -0.1) is 11.3 Å². The SMILES string of the molecule is CC(C)c1cc2sc(I)cc2cn1. The number of rotatable bonds is 1. The van der Waals surface area contributed by atoms with Crippen LogP contribution in [0.25, 0.3) is 10.1 Å². The quantitative estimate of drug-likeness (QED) is 0.725. The lowest BCUT2D eigenvalue weighted by atomic mass is 10.1. The minimum absolute atomic E-state index is 0.518. The molecular formula is C10H10INS. The number of fused-ring (bicyclic) bond motifs is 1. The molecular weight excluding hydrogens is 293 g/mol. The minimum atomic E-state index is 0.518. The third kappa shape index (κ3) is 1.86. The van der Waals surface area contributed by atoms with E-state index in [1.54, 1.807) is 0 Å². The first-order valence-electron chi connectivity index (χ1n) is 4.22. The van der Waals surface area contributed by atoms with E-state index in [1.807, 2.05) is 17.5 Å². The van der Waals surface area contributed by atoms with E-state index >= 15 is 0 Å². The van der Waals surface area contributed by atoms with Crippen LogP contribution in [0.5, 0.6) is 0 Å². The van der Waals surface area contributed by atoms with Gasteiger partial charge in [0.1, 0.15) is 0 Å². The van der Waals surface area contributed by atoms with Crippen LogP contribution in [0.4, 0.5) is 0 Å². The van der Waals surface area contributed by atoms with Gasteiger partial charge in [-0.1, -0.05) is 13.8 Å². The summed E-state index contributed by atoms with van der Waals surface area (Å²) in [4.78, 5) is 4.42. The third-order valence-electron chi connectivity index (χ3n) is 1.98. The molecule has 2 aromatic heterocycles. The molecule has 1 nitrogen and oxygen atoms in total. The van der Waals surface area contributed by atoms with Crippen molar-refractivity contribution in [2.75, 3.05) is 0 Å². The zero-order chi connectivity index (χ0) is 9.42. The number of nitrogens with zero attached hydrogens (tertiary/aromatic N) is 1. The summed E-state index contributed by atoms with van der Waals surface area (Å²) in [6.45, 7) is 4.35. The molecule has 0 amide bonds. The van der Waals surface area contributed by atoms with E-state index in [2.05, 4.69) is 53.6 Å². The van der Waals surface area contributed by atoms with Crippen LogP contribution in [0.15, 0.2) is 18.3 Å². The van der Waals surface area contributed by atoms with Gasteiger partial charge in [0, 0.05) is 22.0 Å². The highest BCUT2D eigenvalue weighted by atomic mass is 127. The van der Waals surface area contributed by atoms with E-state index in [9.17, 15) is 0 Å². The highest BCUT2D eigenvalue weighted by Gasteiger charge is 2.04. The lowest BCUT2D eigenvalue weighted by Crippen LogP contribution is -1.89. The molecule has 0 aliphatic carbocycles. The Kier molecular flexibility index (Phi) is 2.55. The van der Waals surface area contributed by atoms with Crippen molar-refractivity contribution in [1.82, 2.24) is 4.98 Å². The largest absolute Gasteiger partial charge is 0.260 e. The van der Waals surface area contributed by atoms with Crippen LogP contribution in [-0.4, -0.2) is 4.98 Å². The fourth-order valence-electron chi connectivity index (χ4n) is 1.23. The second kappa shape index (κ2) is 3.53. The van der Waals surface area contributed by atoms with Crippen molar-refractivity contribution in [1.29, 1.82) is 0 Å². The van der Waals surface area contributed by atoms with Crippen molar-refractivity contribution >= 4 is 44.0 Å². The topological polar surface area (TPSA) is 12.9 Å². The molecule has 0 N–H and O–H groups in total. The Morgan fingerprint density at radius 1 is 1.38 bits per heavy atom. The highest BCUT2D eigenvalue weighted by Crippen LogP contribution is 2.28. The minimum Gasteiger partial charge on any atom is -0.260 e. The van der Waals surface area contributed by atoms with Crippen LogP contribution in [0.3, 0.4) is 0 Å². The van der Waals surface area contributed by atoms with Crippen LogP contribution >= 0.6 is 33.9 Å². The van der Waals surface area contributed by atoms with Crippen molar-refractivity contribution in [3.63, 3.8) is 0 Å². The molecule has 0 spiro atoms. The molecule has 3 heteroatoms. The molecule has 0 radical (unpaired) electrons.